The van der Waals surface area contributed by atoms with Crippen LogP contribution in [-0.4, -0.2) is 21.5 Å². The molecular formula is C27H30N4OS2. The molecule has 1 heterocycles. The Morgan fingerprint density at radius 3 is 2.18 bits per heavy atom. The number of fused-ring (bicyclic) bond motifs is 1. The summed E-state index contributed by atoms with van der Waals surface area (Å²) in [4.78, 5) is 4.89. The number of amidine groups is 1. The van der Waals surface area contributed by atoms with Crippen LogP contribution in [0.2, 0.25) is 0 Å². The van der Waals surface area contributed by atoms with Crippen LogP contribution in [-0.2, 0) is 0 Å². The molecule has 2 N–H and O–H groups in total. The van der Waals surface area contributed by atoms with Crippen molar-refractivity contribution in [1.82, 2.24) is 0 Å². The van der Waals surface area contributed by atoms with E-state index in [1.165, 1.54) is 0 Å². The minimum absolute atomic E-state index is 0.295. The van der Waals surface area contributed by atoms with Crippen LogP contribution in [0.15, 0.2) is 59.6 Å². The molecule has 0 aromatic heterocycles. The zero-order valence-corrected chi connectivity index (χ0v) is 21.3. The van der Waals surface area contributed by atoms with E-state index in [-0.39, 0.29) is 5.92 Å². The third kappa shape index (κ3) is 3.67. The first kappa shape index (κ1) is 24.5. The highest BCUT2D eigenvalue weighted by atomic mass is 32.2. The van der Waals surface area contributed by atoms with Crippen molar-refractivity contribution >= 4 is 29.4 Å². The van der Waals surface area contributed by atoms with E-state index < -0.39 is 15.0 Å². The standard InChI is InChI=1S/C27H30N4OS2/c1-3-5-15-33-27(34-16-6-4-2)26(19-29)23(25(26,18-28)24(30)31-27)20-11-10-14-22(17-20)32-21-12-8-7-9-13-21/h7-14,17,23H,3-6,15-16H2,1-2H3,(H2,30,31). The molecule has 2 aromatic carbocycles. The van der Waals surface area contributed by atoms with Gasteiger partial charge >= 0.3 is 0 Å². The molecule has 3 atom stereocenters. The van der Waals surface area contributed by atoms with Crippen LogP contribution in [0.1, 0.15) is 51.0 Å². The second-order valence-corrected chi connectivity index (χ2v) is 11.6. The van der Waals surface area contributed by atoms with Gasteiger partial charge in [0.2, 0.25) is 0 Å². The summed E-state index contributed by atoms with van der Waals surface area (Å²) in [5.41, 5.74) is 5.28. The molecular weight excluding hydrogens is 460 g/mol. The van der Waals surface area contributed by atoms with Gasteiger partial charge in [0, 0.05) is 5.92 Å². The number of ether oxygens (including phenoxy) is 1. The fourth-order valence-electron chi connectivity index (χ4n) is 4.95. The molecule has 1 fully saturated rings. The van der Waals surface area contributed by atoms with Crippen LogP contribution in [0.5, 0.6) is 11.5 Å². The monoisotopic (exact) mass is 490 g/mol. The number of aliphatic imine (C=N–C) groups is 1. The summed E-state index contributed by atoms with van der Waals surface area (Å²) in [6.45, 7) is 4.31. The molecule has 1 aliphatic carbocycles. The molecule has 1 aliphatic heterocycles. The Morgan fingerprint density at radius 1 is 0.941 bits per heavy atom. The molecule has 5 nitrogen and oxygen atoms in total. The van der Waals surface area contributed by atoms with Gasteiger partial charge in [0.25, 0.3) is 0 Å². The molecule has 7 heteroatoms. The smallest absolute Gasteiger partial charge is 0.175 e. The first-order chi connectivity index (χ1) is 16.5. The van der Waals surface area contributed by atoms with Crippen molar-refractivity contribution in [2.24, 2.45) is 21.6 Å². The quantitative estimate of drug-likeness (QED) is 0.278. The van der Waals surface area contributed by atoms with Gasteiger partial charge in [-0.3, -0.25) is 0 Å². The fraction of sp³-hybridized carbons (Fsp3) is 0.444. The minimum atomic E-state index is -1.12. The van der Waals surface area contributed by atoms with Crippen LogP contribution in [0.3, 0.4) is 0 Å². The Morgan fingerprint density at radius 2 is 1.59 bits per heavy atom. The van der Waals surface area contributed by atoms with E-state index in [0.29, 0.717) is 11.6 Å². The van der Waals surface area contributed by atoms with E-state index in [2.05, 4.69) is 26.0 Å². The Labute approximate surface area is 210 Å². The normalized spacial score (nSPS) is 26.1. The van der Waals surface area contributed by atoms with Gasteiger partial charge in [-0.05, 0) is 54.2 Å². The van der Waals surface area contributed by atoms with Gasteiger partial charge in [0.05, 0.1) is 12.1 Å². The lowest BCUT2D eigenvalue weighted by atomic mass is 9.97. The average molecular weight is 491 g/mol. The van der Waals surface area contributed by atoms with Crippen LogP contribution in [0.4, 0.5) is 0 Å². The predicted octanol–water partition coefficient (Wildman–Crippen LogP) is 6.69. The average Bonchev–Trinajstić information content (AvgIpc) is 3.44. The maximum atomic E-state index is 10.7. The zero-order chi connectivity index (χ0) is 24.2. The molecule has 0 radical (unpaired) electrons. The number of hydrogen-bond acceptors (Lipinski definition) is 7. The Bertz CT molecular complexity index is 1130. The van der Waals surface area contributed by atoms with E-state index in [1.807, 2.05) is 54.6 Å². The lowest BCUT2D eigenvalue weighted by Gasteiger charge is -2.32. The molecule has 0 amide bonds. The van der Waals surface area contributed by atoms with Crippen molar-refractivity contribution < 1.29 is 4.74 Å². The van der Waals surface area contributed by atoms with E-state index >= 15 is 0 Å². The molecule has 0 bridgehead atoms. The topological polar surface area (TPSA) is 95.2 Å². The van der Waals surface area contributed by atoms with Crippen LogP contribution < -0.4 is 10.5 Å². The largest absolute Gasteiger partial charge is 0.457 e. The van der Waals surface area contributed by atoms with Crippen molar-refractivity contribution in [3.63, 3.8) is 0 Å². The molecule has 176 valence electrons. The summed E-state index contributed by atoms with van der Waals surface area (Å²) in [6, 6.07) is 22.4. The number of rotatable bonds is 11. The SMILES string of the molecule is CCCCSC1(SCCCC)N=C(N)C2(C#N)C(c3cccc(Oc4ccccc4)c3)C12C#N. The number of benzene rings is 2. The van der Waals surface area contributed by atoms with Crippen molar-refractivity contribution in [1.29, 1.82) is 10.5 Å². The van der Waals surface area contributed by atoms with Crippen LogP contribution in [0, 0.1) is 33.5 Å². The highest BCUT2D eigenvalue weighted by Crippen LogP contribution is 2.85. The molecule has 3 unspecified atom stereocenters. The van der Waals surface area contributed by atoms with Crippen LogP contribution >= 0.6 is 23.5 Å². The maximum Gasteiger partial charge on any atom is 0.175 e. The number of nitrogens with two attached hydrogens (primary N) is 1. The summed E-state index contributed by atoms with van der Waals surface area (Å²) >= 11 is 3.39. The van der Waals surface area contributed by atoms with Crippen molar-refractivity contribution in [3.05, 3.63) is 60.2 Å². The highest BCUT2D eigenvalue weighted by molar-refractivity contribution is 8.18. The number of nitriles is 2. The fourth-order valence-corrected chi connectivity index (χ4v) is 8.63. The lowest BCUT2D eigenvalue weighted by molar-refractivity contribution is 0.481. The van der Waals surface area contributed by atoms with Crippen molar-refractivity contribution in [2.45, 2.75) is 49.7 Å². The molecule has 0 saturated heterocycles. The Hall–Kier alpha value is -2.61. The van der Waals surface area contributed by atoms with Gasteiger partial charge in [0.1, 0.15) is 28.2 Å². The second-order valence-electron chi connectivity index (χ2n) is 8.74. The summed E-state index contributed by atoms with van der Waals surface area (Å²) < 4.78 is 5.27. The van der Waals surface area contributed by atoms with Gasteiger partial charge in [-0.1, -0.05) is 57.0 Å². The van der Waals surface area contributed by atoms with Gasteiger partial charge in [-0.15, -0.1) is 23.5 Å². The third-order valence-corrected chi connectivity index (χ3v) is 9.99. The van der Waals surface area contributed by atoms with Gasteiger partial charge in [-0.25, -0.2) is 4.99 Å². The van der Waals surface area contributed by atoms with E-state index in [9.17, 15) is 10.5 Å². The van der Waals surface area contributed by atoms with Crippen molar-refractivity contribution in [3.8, 4) is 23.6 Å². The molecule has 2 aliphatic rings. The van der Waals surface area contributed by atoms with Gasteiger partial charge in [-0.2, -0.15) is 10.5 Å². The van der Waals surface area contributed by atoms with Crippen LogP contribution in [0.25, 0.3) is 0 Å². The first-order valence-corrected chi connectivity index (χ1v) is 13.8. The predicted molar refractivity (Wildman–Crippen MR) is 141 cm³/mol. The molecule has 1 saturated carbocycles. The number of unbranched alkanes of at least 4 members (excludes halogenated alkanes) is 2. The minimum Gasteiger partial charge on any atom is -0.457 e. The highest BCUT2D eigenvalue weighted by Gasteiger charge is 2.91. The summed E-state index contributed by atoms with van der Waals surface area (Å²) in [6.07, 6.45) is 4.19. The first-order valence-electron chi connectivity index (χ1n) is 11.8. The van der Waals surface area contributed by atoms with E-state index in [1.54, 1.807) is 23.5 Å². The van der Waals surface area contributed by atoms with Crippen molar-refractivity contribution in [2.75, 3.05) is 11.5 Å². The summed E-state index contributed by atoms with van der Waals surface area (Å²) in [5, 5.41) is 21.1. The summed E-state index contributed by atoms with van der Waals surface area (Å²) in [5.74, 6) is 3.11. The summed E-state index contributed by atoms with van der Waals surface area (Å²) in [7, 11) is 0. The molecule has 34 heavy (non-hydrogen) atoms. The molecule has 0 spiro atoms. The van der Waals surface area contributed by atoms with Gasteiger partial charge in [0.15, 0.2) is 4.20 Å². The van der Waals surface area contributed by atoms with Gasteiger partial charge < -0.3 is 10.5 Å². The molecule has 2 aromatic rings. The number of nitrogens with zero attached hydrogens (tertiary/aromatic N) is 3. The number of hydrogen-bond donors (Lipinski definition) is 1. The number of thioether (sulfide) groups is 2. The second kappa shape index (κ2) is 9.94. The Balaban J connectivity index is 1.74. The molecule has 4 rings (SSSR count). The lowest BCUT2D eigenvalue weighted by Crippen LogP contribution is -2.32. The third-order valence-electron chi connectivity index (χ3n) is 6.69. The Kier molecular flexibility index (Phi) is 7.17. The maximum absolute atomic E-state index is 10.7. The van der Waals surface area contributed by atoms with E-state index in [4.69, 9.17) is 15.5 Å². The van der Waals surface area contributed by atoms with E-state index in [0.717, 1.165) is 48.5 Å². The number of para-hydroxylation sites is 1. The zero-order valence-electron chi connectivity index (χ0n) is 19.7.